The van der Waals surface area contributed by atoms with E-state index in [4.69, 9.17) is 16.3 Å². The number of nitrogens with one attached hydrogen (secondary N) is 3. The summed E-state index contributed by atoms with van der Waals surface area (Å²) in [4.78, 5) is 24.7. The zero-order chi connectivity index (χ0) is 29.1. The second-order valence-electron chi connectivity index (χ2n) is 10.0. The van der Waals surface area contributed by atoms with Crippen molar-refractivity contribution in [1.29, 1.82) is 0 Å². The molecule has 0 aliphatic carbocycles. The van der Waals surface area contributed by atoms with Crippen molar-refractivity contribution in [2.75, 3.05) is 51.0 Å². The van der Waals surface area contributed by atoms with E-state index in [-0.39, 0.29) is 23.4 Å². The number of benzene rings is 2. The average Bonchev–Trinajstić information content (AvgIpc) is 3.44. The van der Waals surface area contributed by atoms with Gasteiger partial charge in [-0.25, -0.2) is 4.98 Å². The molecule has 0 bridgehead atoms. The van der Waals surface area contributed by atoms with Gasteiger partial charge in [0.05, 0.1) is 17.7 Å². The molecule has 0 spiro atoms. The first-order chi connectivity index (χ1) is 19.6. The molecule has 1 fully saturated rings. The lowest BCUT2D eigenvalue weighted by atomic mass is 10.0. The number of aromatic amines is 1. The van der Waals surface area contributed by atoms with Gasteiger partial charge in [-0.05, 0) is 42.9 Å². The van der Waals surface area contributed by atoms with Crippen molar-refractivity contribution in [3.63, 3.8) is 0 Å². The number of pyridine rings is 1. The van der Waals surface area contributed by atoms with E-state index in [1.807, 2.05) is 18.0 Å². The van der Waals surface area contributed by atoms with Crippen molar-refractivity contribution in [2.24, 2.45) is 0 Å². The molecule has 216 valence electrons. The largest absolute Gasteiger partial charge is 0.497 e. The normalized spacial score (nSPS) is 14.8. The van der Waals surface area contributed by atoms with Gasteiger partial charge in [0.1, 0.15) is 11.4 Å². The fourth-order valence-corrected chi connectivity index (χ4v) is 5.06. The number of rotatable bonds is 8. The van der Waals surface area contributed by atoms with Crippen LogP contribution in [0.25, 0.3) is 11.0 Å². The standard InChI is InChI=1S/C29H30ClF3N6O2/c1-38-7-9-39(10-8-38)17-18-3-4-21(14-25(18)29(31,32)33)37-28(40)19-11-22(13-23(12-19)41-2)35-15-20-16-36-27-24(26(20)30)5-6-34-27/h3-6,11-14,16,35H,7-10,15,17H2,1-2H3,(H,34,36)(H,37,40). The first-order valence-corrected chi connectivity index (χ1v) is 13.4. The molecule has 3 N–H and O–H groups in total. The highest BCUT2D eigenvalue weighted by Crippen LogP contribution is 2.35. The van der Waals surface area contributed by atoms with Crippen molar-refractivity contribution >= 4 is 39.9 Å². The monoisotopic (exact) mass is 586 g/mol. The Labute approximate surface area is 240 Å². The summed E-state index contributed by atoms with van der Waals surface area (Å²) < 4.78 is 47.4. The topological polar surface area (TPSA) is 85.5 Å². The van der Waals surface area contributed by atoms with Crippen LogP contribution in [0.4, 0.5) is 24.5 Å². The van der Waals surface area contributed by atoms with Gasteiger partial charge in [0, 0.05) is 85.6 Å². The minimum Gasteiger partial charge on any atom is -0.497 e. The summed E-state index contributed by atoms with van der Waals surface area (Å²) in [6, 6.07) is 10.6. The molecular weight excluding hydrogens is 557 g/mol. The van der Waals surface area contributed by atoms with E-state index in [9.17, 15) is 18.0 Å². The molecule has 0 saturated carbocycles. The van der Waals surface area contributed by atoms with Crippen LogP contribution in [0, 0.1) is 0 Å². The summed E-state index contributed by atoms with van der Waals surface area (Å²) >= 11 is 6.52. The Morgan fingerprint density at radius 3 is 2.59 bits per heavy atom. The van der Waals surface area contributed by atoms with Crippen molar-refractivity contribution in [1.82, 2.24) is 19.8 Å². The van der Waals surface area contributed by atoms with Crippen molar-refractivity contribution < 1.29 is 22.7 Å². The highest BCUT2D eigenvalue weighted by Gasteiger charge is 2.34. The molecule has 5 rings (SSSR count). The zero-order valence-corrected chi connectivity index (χ0v) is 23.4. The van der Waals surface area contributed by atoms with Crippen LogP contribution in [0.2, 0.25) is 5.02 Å². The number of aromatic nitrogens is 2. The smallest absolute Gasteiger partial charge is 0.416 e. The molecule has 8 nitrogen and oxygen atoms in total. The number of carbonyl (C=O) groups is 1. The van der Waals surface area contributed by atoms with Crippen molar-refractivity contribution in [3.8, 4) is 5.75 Å². The van der Waals surface area contributed by atoms with Crippen LogP contribution in [0.3, 0.4) is 0 Å². The first-order valence-electron chi connectivity index (χ1n) is 13.1. The maximum absolute atomic E-state index is 14.0. The number of alkyl halides is 3. The van der Waals surface area contributed by atoms with Crippen LogP contribution in [0.1, 0.15) is 27.0 Å². The SMILES string of the molecule is COc1cc(NCc2cnc3[nH]ccc3c2Cl)cc(C(=O)Nc2ccc(CN3CCN(C)CC3)c(C(F)(F)F)c2)c1. The van der Waals surface area contributed by atoms with E-state index in [2.05, 4.69) is 25.5 Å². The molecule has 1 amide bonds. The number of carbonyl (C=O) groups excluding carboxylic acids is 1. The van der Waals surface area contributed by atoms with Crippen LogP contribution in [-0.2, 0) is 19.3 Å². The molecule has 2 aromatic carbocycles. The number of nitrogens with zero attached hydrogens (tertiary/aromatic N) is 3. The van der Waals surface area contributed by atoms with Gasteiger partial charge in [0.25, 0.3) is 5.91 Å². The third-order valence-corrected chi connectivity index (χ3v) is 7.59. The van der Waals surface area contributed by atoms with Crippen LogP contribution in [0.5, 0.6) is 5.75 Å². The predicted octanol–water partition coefficient (Wildman–Crippen LogP) is 5.86. The number of amides is 1. The summed E-state index contributed by atoms with van der Waals surface area (Å²) in [6.45, 7) is 3.52. The maximum atomic E-state index is 14.0. The third-order valence-electron chi connectivity index (χ3n) is 7.14. The number of halogens is 4. The van der Waals surface area contributed by atoms with Gasteiger partial charge < -0.3 is 25.3 Å². The lowest BCUT2D eigenvalue weighted by Gasteiger charge is -2.33. The minimum atomic E-state index is -4.56. The van der Waals surface area contributed by atoms with Gasteiger partial charge in [-0.2, -0.15) is 13.2 Å². The molecule has 0 radical (unpaired) electrons. The molecule has 0 atom stereocenters. The summed E-state index contributed by atoms with van der Waals surface area (Å²) in [5.41, 5.74) is 1.69. The predicted molar refractivity (Wildman–Crippen MR) is 154 cm³/mol. The summed E-state index contributed by atoms with van der Waals surface area (Å²) in [7, 11) is 3.46. The molecule has 1 saturated heterocycles. The van der Waals surface area contributed by atoms with E-state index >= 15 is 0 Å². The molecule has 2 aromatic heterocycles. The molecule has 41 heavy (non-hydrogen) atoms. The Hall–Kier alpha value is -3.80. The highest BCUT2D eigenvalue weighted by atomic mass is 35.5. The molecule has 4 aromatic rings. The molecule has 0 unspecified atom stereocenters. The Morgan fingerprint density at radius 2 is 1.85 bits per heavy atom. The van der Waals surface area contributed by atoms with Crippen LogP contribution in [-0.4, -0.2) is 66.0 Å². The number of ether oxygens (including phenoxy) is 1. The second-order valence-corrected chi connectivity index (χ2v) is 10.4. The minimum absolute atomic E-state index is 0.0550. The van der Waals surface area contributed by atoms with Crippen LogP contribution >= 0.6 is 11.6 Å². The van der Waals surface area contributed by atoms with Gasteiger partial charge in [-0.15, -0.1) is 0 Å². The quantitative estimate of drug-likeness (QED) is 0.240. The van der Waals surface area contributed by atoms with Crippen molar-refractivity contribution in [2.45, 2.75) is 19.3 Å². The average molecular weight is 587 g/mol. The Morgan fingerprint density at radius 1 is 1.07 bits per heavy atom. The fraction of sp³-hybridized carbons (Fsp3) is 0.310. The van der Waals surface area contributed by atoms with E-state index in [0.29, 0.717) is 41.7 Å². The van der Waals surface area contributed by atoms with Crippen LogP contribution < -0.4 is 15.4 Å². The van der Waals surface area contributed by atoms with Crippen LogP contribution in [0.15, 0.2) is 54.9 Å². The Kier molecular flexibility index (Phi) is 8.39. The zero-order valence-electron chi connectivity index (χ0n) is 22.6. The fourth-order valence-electron chi connectivity index (χ4n) is 4.79. The molecule has 3 heterocycles. The number of likely N-dealkylation sites (N-methyl/N-ethyl adjacent to an activating group) is 1. The molecule has 1 aliphatic rings. The van der Waals surface area contributed by atoms with E-state index in [1.165, 1.54) is 25.3 Å². The molecule has 12 heteroatoms. The summed E-state index contributed by atoms with van der Waals surface area (Å²) in [6.07, 6.45) is -1.14. The number of hydrogen-bond donors (Lipinski definition) is 3. The van der Waals surface area contributed by atoms with E-state index in [0.717, 1.165) is 30.1 Å². The van der Waals surface area contributed by atoms with Gasteiger partial charge in [-0.1, -0.05) is 17.7 Å². The number of piperazine rings is 1. The van der Waals surface area contributed by atoms with Gasteiger partial charge in [-0.3, -0.25) is 9.69 Å². The Bertz CT molecular complexity index is 1550. The summed E-state index contributed by atoms with van der Waals surface area (Å²) in [5.74, 6) is -0.163. The lowest BCUT2D eigenvalue weighted by molar-refractivity contribution is -0.138. The Balaban J connectivity index is 1.32. The highest BCUT2D eigenvalue weighted by molar-refractivity contribution is 6.36. The molecule has 1 aliphatic heterocycles. The number of H-pyrrole nitrogens is 1. The number of fused-ring (bicyclic) bond motifs is 1. The summed E-state index contributed by atoms with van der Waals surface area (Å²) in [5, 5.41) is 7.18. The van der Waals surface area contributed by atoms with Crippen molar-refractivity contribution in [3.05, 3.63) is 82.1 Å². The molecular formula is C29H30ClF3N6O2. The number of methoxy groups -OCH3 is 1. The van der Waals surface area contributed by atoms with Gasteiger partial charge >= 0.3 is 6.18 Å². The number of hydrogen-bond acceptors (Lipinski definition) is 6. The third kappa shape index (κ3) is 6.75. The lowest BCUT2D eigenvalue weighted by Crippen LogP contribution is -2.44. The maximum Gasteiger partial charge on any atom is 0.416 e. The van der Waals surface area contributed by atoms with E-state index in [1.54, 1.807) is 24.5 Å². The first kappa shape index (κ1) is 28.7. The van der Waals surface area contributed by atoms with Gasteiger partial charge in [0.2, 0.25) is 0 Å². The van der Waals surface area contributed by atoms with E-state index < -0.39 is 17.6 Å². The number of anilines is 2. The van der Waals surface area contributed by atoms with Gasteiger partial charge in [0.15, 0.2) is 0 Å². The second kappa shape index (κ2) is 12.0.